The van der Waals surface area contributed by atoms with Gasteiger partial charge in [-0.25, -0.2) is 9.97 Å². The molecule has 0 spiro atoms. The summed E-state index contributed by atoms with van der Waals surface area (Å²) < 4.78 is 8.78. The van der Waals surface area contributed by atoms with Crippen LogP contribution < -0.4 is 0 Å². The minimum absolute atomic E-state index is 0.633. The van der Waals surface area contributed by atoms with Crippen LogP contribution in [-0.2, 0) is 0 Å². The maximum Gasteiger partial charge on any atom is 0.227 e. The van der Waals surface area contributed by atoms with Crippen LogP contribution in [0.1, 0.15) is 16.7 Å². The Morgan fingerprint density at radius 1 is 0.676 bits per heavy atom. The lowest BCUT2D eigenvalue weighted by atomic mass is 10.0. The molecule has 0 N–H and O–H groups in total. The van der Waals surface area contributed by atoms with E-state index in [2.05, 4.69) is 98.1 Å². The van der Waals surface area contributed by atoms with E-state index in [-0.39, 0.29) is 0 Å². The second kappa shape index (κ2) is 8.17. The number of para-hydroxylation sites is 3. The highest BCUT2D eigenvalue weighted by Gasteiger charge is 2.21. The van der Waals surface area contributed by atoms with Crippen molar-refractivity contribution in [1.82, 2.24) is 14.5 Å². The molecule has 178 valence electrons. The molecular formula is C33H25N3O. The number of fused-ring (bicyclic) bond motifs is 4. The Kier molecular flexibility index (Phi) is 4.76. The quantitative estimate of drug-likeness (QED) is 0.255. The summed E-state index contributed by atoms with van der Waals surface area (Å²) in [4.78, 5) is 10.0. The molecule has 4 nitrogen and oxygen atoms in total. The molecule has 0 unspecified atom stereocenters. The van der Waals surface area contributed by atoms with Gasteiger partial charge in [0.15, 0.2) is 0 Å². The predicted octanol–water partition coefficient (Wildman–Crippen LogP) is 8.58. The van der Waals surface area contributed by atoms with E-state index in [0.717, 1.165) is 55.7 Å². The zero-order valence-electron chi connectivity index (χ0n) is 21.0. The molecule has 4 heteroatoms. The summed E-state index contributed by atoms with van der Waals surface area (Å²) in [5.41, 5.74) is 11.2. The van der Waals surface area contributed by atoms with E-state index in [0.29, 0.717) is 5.71 Å². The largest absolute Gasteiger partial charge is 0.437 e. The summed E-state index contributed by atoms with van der Waals surface area (Å²) in [5, 5.41) is 2.04. The van der Waals surface area contributed by atoms with Crippen molar-refractivity contribution in [3.05, 3.63) is 114 Å². The molecule has 37 heavy (non-hydrogen) atoms. The molecule has 0 aliphatic rings. The maximum atomic E-state index is 6.50. The van der Waals surface area contributed by atoms with Crippen molar-refractivity contribution in [1.29, 1.82) is 0 Å². The fourth-order valence-electron chi connectivity index (χ4n) is 5.58. The number of benzene rings is 4. The van der Waals surface area contributed by atoms with Crippen LogP contribution in [0, 0.1) is 20.8 Å². The highest BCUT2D eigenvalue weighted by molar-refractivity contribution is 6.09. The molecular weight excluding hydrogens is 454 g/mol. The lowest BCUT2D eigenvalue weighted by molar-refractivity contribution is 0.655. The van der Waals surface area contributed by atoms with E-state index in [4.69, 9.17) is 14.4 Å². The summed E-state index contributed by atoms with van der Waals surface area (Å²) in [6, 6.07) is 33.4. The van der Waals surface area contributed by atoms with Crippen LogP contribution in [0.3, 0.4) is 0 Å². The lowest BCUT2D eigenvalue weighted by Gasteiger charge is -2.16. The van der Waals surface area contributed by atoms with Crippen LogP contribution in [-0.4, -0.2) is 14.5 Å². The monoisotopic (exact) mass is 479 g/mol. The standard InChI is InChI=1S/C33H25N3O/c1-20-18-21(2)30(22(3)19-20)36-29-15-8-7-14-28(29)34-32(36)26-13-9-12-24-25-16-17-27(23-10-5-4-6-11-23)35-33(25)37-31(24)26/h4-19H,1-3H3. The van der Waals surface area contributed by atoms with Gasteiger partial charge in [-0.15, -0.1) is 0 Å². The predicted molar refractivity (Wildman–Crippen MR) is 151 cm³/mol. The van der Waals surface area contributed by atoms with E-state index < -0.39 is 0 Å². The summed E-state index contributed by atoms with van der Waals surface area (Å²) in [6.07, 6.45) is 0. The van der Waals surface area contributed by atoms with Crippen LogP contribution in [0.5, 0.6) is 0 Å². The van der Waals surface area contributed by atoms with Gasteiger partial charge in [0, 0.05) is 16.3 Å². The molecule has 7 aromatic rings. The Morgan fingerprint density at radius 2 is 1.43 bits per heavy atom. The molecule has 7 rings (SSSR count). The summed E-state index contributed by atoms with van der Waals surface area (Å²) >= 11 is 0. The zero-order chi connectivity index (χ0) is 25.1. The number of hydrogen-bond donors (Lipinski definition) is 0. The van der Waals surface area contributed by atoms with E-state index in [9.17, 15) is 0 Å². The smallest absolute Gasteiger partial charge is 0.227 e. The summed E-state index contributed by atoms with van der Waals surface area (Å²) in [5.74, 6) is 0.865. The molecule has 3 heterocycles. The number of imidazole rings is 1. The number of furan rings is 1. The number of hydrogen-bond acceptors (Lipinski definition) is 3. The molecule has 0 aliphatic carbocycles. The Hall–Kier alpha value is -4.70. The van der Waals surface area contributed by atoms with Gasteiger partial charge in [0.2, 0.25) is 5.71 Å². The van der Waals surface area contributed by atoms with Gasteiger partial charge >= 0.3 is 0 Å². The first-order valence-corrected chi connectivity index (χ1v) is 12.5. The number of aryl methyl sites for hydroxylation is 3. The third-order valence-corrected chi connectivity index (χ3v) is 7.09. The van der Waals surface area contributed by atoms with Crippen molar-refractivity contribution in [2.75, 3.05) is 0 Å². The molecule has 0 saturated heterocycles. The van der Waals surface area contributed by atoms with Gasteiger partial charge in [0.05, 0.1) is 28.0 Å². The molecule has 0 aliphatic heterocycles. The third-order valence-electron chi connectivity index (χ3n) is 7.09. The SMILES string of the molecule is Cc1cc(C)c(-n2c(-c3cccc4c3oc3nc(-c5ccccc5)ccc34)nc3ccccc32)c(C)c1. The maximum absolute atomic E-state index is 6.50. The van der Waals surface area contributed by atoms with E-state index >= 15 is 0 Å². The van der Waals surface area contributed by atoms with Crippen LogP contribution >= 0.6 is 0 Å². The third kappa shape index (κ3) is 3.37. The molecule has 0 saturated carbocycles. The second-order valence-corrected chi connectivity index (χ2v) is 9.71. The van der Waals surface area contributed by atoms with Crippen molar-refractivity contribution >= 4 is 33.1 Å². The normalized spacial score (nSPS) is 11.6. The molecule has 0 radical (unpaired) electrons. The minimum Gasteiger partial charge on any atom is -0.437 e. The molecule has 3 aromatic heterocycles. The zero-order valence-corrected chi connectivity index (χ0v) is 21.0. The van der Waals surface area contributed by atoms with Crippen molar-refractivity contribution in [2.24, 2.45) is 0 Å². The van der Waals surface area contributed by atoms with Crippen molar-refractivity contribution in [3.8, 4) is 28.3 Å². The van der Waals surface area contributed by atoms with Crippen molar-refractivity contribution < 1.29 is 4.42 Å². The van der Waals surface area contributed by atoms with Gasteiger partial charge in [-0.05, 0) is 62.2 Å². The van der Waals surface area contributed by atoms with Gasteiger partial charge in [-0.2, -0.15) is 0 Å². The number of aromatic nitrogens is 3. The van der Waals surface area contributed by atoms with Crippen molar-refractivity contribution in [2.45, 2.75) is 20.8 Å². The number of rotatable bonds is 3. The highest BCUT2D eigenvalue weighted by Crippen LogP contribution is 2.39. The first-order chi connectivity index (χ1) is 18.1. The summed E-state index contributed by atoms with van der Waals surface area (Å²) in [7, 11) is 0. The van der Waals surface area contributed by atoms with Crippen LogP contribution in [0.15, 0.2) is 101 Å². The van der Waals surface area contributed by atoms with Gasteiger partial charge in [0.1, 0.15) is 11.4 Å². The van der Waals surface area contributed by atoms with Crippen LogP contribution in [0.25, 0.3) is 61.4 Å². The first-order valence-electron chi connectivity index (χ1n) is 12.5. The Morgan fingerprint density at radius 3 is 2.24 bits per heavy atom. The lowest BCUT2D eigenvalue weighted by Crippen LogP contribution is -2.03. The highest BCUT2D eigenvalue weighted by atomic mass is 16.3. The van der Waals surface area contributed by atoms with Crippen LogP contribution in [0.2, 0.25) is 0 Å². The molecule has 0 atom stereocenters. The fourth-order valence-corrected chi connectivity index (χ4v) is 5.58. The minimum atomic E-state index is 0.633. The molecule has 0 fully saturated rings. The van der Waals surface area contributed by atoms with E-state index in [1.807, 2.05) is 24.3 Å². The second-order valence-electron chi connectivity index (χ2n) is 9.71. The van der Waals surface area contributed by atoms with Gasteiger partial charge < -0.3 is 4.42 Å². The fraction of sp³-hybridized carbons (Fsp3) is 0.0909. The van der Waals surface area contributed by atoms with E-state index in [1.54, 1.807) is 0 Å². The topological polar surface area (TPSA) is 43.9 Å². The Labute approximate surface area is 214 Å². The van der Waals surface area contributed by atoms with Gasteiger partial charge in [0.25, 0.3) is 0 Å². The molecule has 0 bridgehead atoms. The molecule has 0 amide bonds. The average molecular weight is 480 g/mol. The van der Waals surface area contributed by atoms with Crippen LogP contribution in [0.4, 0.5) is 0 Å². The Balaban J connectivity index is 1.52. The average Bonchev–Trinajstić information content (AvgIpc) is 3.47. The molecule has 4 aromatic carbocycles. The van der Waals surface area contributed by atoms with Crippen molar-refractivity contribution in [3.63, 3.8) is 0 Å². The van der Waals surface area contributed by atoms with E-state index in [1.165, 1.54) is 16.7 Å². The summed E-state index contributed by atoms with van der Waals surface area (Å²) in [6.45, 7) is 6.48. The Bertz CT molecular complexity index is 1940. The first kappa shape index (κ1) is 21.6. The van der Waals surface area contributed by atoms with Gasteiger partial charge in [-0.1, -0.05) is 72.3 Å². The number of nitrogens with zero attached hydrogens (tertiary/aromatic N) is 3. The van der Waals surface area contributed by atoms with Gasteiger partial charge in [-0.3, -0.25) is 4.57 Å². The number of pyridine rings is 1.